The Morgan fingerprint density at radius 2 is 1.60 bits per heavy atom. The first-order valence-electron chi connectivity index (χ1n) is 5.91. The van der Waals surface area contributed by atoms with Crippen LogP contribution in [0.5, 0.6) is 11.5 Å². The van der Waals surface area contributed by atoms with Crippen molar-refractivity contribution in [2.45, 2.75) is 6.10 Å². The Hall–Kier alpha value is -1.59. The summed E-state index contributed by atoms with van der Waals surface area (Å²) in [5.41, 5.74) is 1.23. The second kappa shape index (κ2) is 6.24. The van der Waals surface area contributed by atoms with Gasteiger partial charge in [-0.15, -0.1) is 0 Å². The molecule has 0 saturated carbocycles. The van der Waals surface area contributed by atoms with Gasteiger partial charge in [-0.05, 0) is 51.3 Å². The predicted octanol–water partition coefficient (Wildman–Crippen LogP) is 3.69. The third-order valence-corrected chi connectivity index (χ3v) is 3.59. The zero-order chi connectivity index (χ0) is 14.7. The van der Waals surface area contributed by atoms with Crippen molar-refractivity contribution in [3.8, 4) is 11.5 Å². The van der Waals surface area contributed by atoms with Crippen molar-refractivity contribution in [1.29, 1.82) is 0 Å². The van der Waals surface area contributed by atoms with Crippen LogP contribution in [0.25, 0.3) is 0 Å². The smallest absolute Gasteiger partial charge is 0.161 e. The van der Waals surface area contributed by atoms with Gasteiger partial charge in [0, 0.05) is 0 Å². The third-order valence-electron chi connectivity index (χ3n) is 2.98. The van der Waals surface area contributed by atoms with Crippen LogP contribution < -0.4 is 9.47 Å². The number of benzene rings is 2. The van der Waals surface area contributed by atoms with Gasteiger partial charge in [0.15, 0.2) is 11.5 Å². The molecule has 20 heavy (non-hydrogen) atoms. The molecule has 0 fully saturated rings. The number of rotatable bonds is 4. The van der Waals surface area contributed by atoms with Crippen LogP contribution in [-0.4, -0.2) is 19.3 Å². The third kappa shape index (κ3) is 2.94. The molecule has 0 radical (unpaired) electrons. The van der Waals surface area contributed by atoms with E-state index in [9.17, 15) is 9.50 Å². The van der Waals surface area contributed by atoms with Crippen LogP contribution >= 0.6 is 15.9 Å². The Morgan fingerprint density at radius 3 is 2.20 bits per heavy atom. The van der Waals surface area contributed by atoms with E-state index in [-0.39, 0.29) is 5.82 Å². The molecule has 1 N–H and O–H groups in total. The molecular formula is C15H14BrFO3. The number of aliphatic hydroxyl groups excluding tert-OH is 1. The van der Waals surface area contributed by atoms with E-state index in [2.05, 4.69) is 15.9 Å². The Morgan fingerprint density at radius 1 is 1.00 bits per heavy atom. The van der Waals surface area contributed by atoms with Gasteiger partial charge >= 0.3 is 0 Å². The van der Waals surface area contributed by atoms with Crippen molar-refractivity contribution < 1.29 is 19.0 Å². The molecule has 2 rings (SSSR count). The first kappa shape index (κ1) is 14.8. The van der Waals surface area contributed by atoms with Crippen LogP contribution in [0.3, 0.4) is 0 Å². The Labute approximate surface area is 125 Å². The summed E-state index contributed by atoms with van der Waals surface area (Å²) in [6, 6.07) is 9.56. The molecule has 0 saturated heterocycles. The minimum absolute atomic E-state index is 0.314. The van der Waals surface area contributed by atoms with E-state index < -0.39 is 6.10 Å². The van der Waals surface area contributed by atoms with Gasteiger partial charge in [-0.25, -0.2) is 4.39 Å². The van der Waals surface area contributed by atoms with Gasteiger partial charge in [0.1, 0.15) is 11.9 Å². The lowest BCUT2D eigenvalue weighted by Gasteiger charge is -2.15. The molecule has 1 unspecified atom stereocenters. The molecule has 106 valence electrons. The fourth-order valence-electron chi connectivity index (χ4n) is 1.90. The summed E-state index contributed by atoms with van der Waals surface area (Å²) in [6.07, 6.45) is -0.869. The highest BCUT2D eigenvalue weighted by Gasteiger charge is 2.15. The molecule has 0 amide bonds. The summed E-state index contributed by atoms with van der Waals surface area (Å²) < 4.78 is 23.9. The first-order chi connectivity index (χ1) is 9.56. The highest BCUT2D eigenvalue weighted by Crippen LogP contribution is 2.33. The fourth-order valence-corrected chi connectivity index (χ4v) is 2.29. The highest BCUT2D eigenvalue weighted by molar-refractivity contribution is 9.10. The van der Waals surface area contributed by atoms with Crippen molar-refractivity contribution in [2.75, 3.05) is 14.2 Å². The maximum atomic E-state index is 13.2. The van der Waals surface area contributed by atoms with E-state index in [1.807, 2.05) is 0 Å². The Balaban J connectivity index is 2.37. The van der Waals surface area contributed by atoms with Crippen molar-refractivity contribution in [1.82, 2.24) is 0 Å². The van der Waals surface area contributed by atoms with Gasteiger partial charge < -0.3 is 14.6 Å². The summed E-state index contributed by atoms with van der Waals surface area (Å²) in [5.74, 6) is 0.752. The molecule has 0 heterocycles. The lowest BCUT2D eigenvalue weighted by molar-refractivity contribution is 0.219. The number of hydrogen-bond donors (Lipinski definition) is 1. The summed E-state index contributed by atoms with van der Waals surface area (Å²) in [7, 11) is 3.08. The predicted molar refractivity (Wildman–Crippen MR) is 77.7 cm³/mol. The van der Waals surface area contributed by atoms with Crippen LogP contribution in [0.1, 0.15) is 17.2 Å². The zero-order valence-electron chi connectivity index (χ0n) is 11.1. The van der Waals surface area contributed by atoms with E-state index in [0.717, 1.165) is 0 Å². The first-order valence-corrected chi connectivity index (χ1v) is 6.71. The minimum atomic E-state index is -0.869. The second-order valence-corrected chi connectivity index (χ2v) is 5.04. The summed E-state index contributed by atoms with van der Waals surface area (Å²) in [6.45, 7) is 0. The molecule has 3 nitrogen and oxygen atoms in total. The van der Waals surface area contributed by atoms with Crippen molar-refractivity contribution in [3.05, 3.63) is 57.8 Å². The lowest BCUT2D eigenvalue weighted by Crippen LogP contribution is -2.01. The van der Waals surface area contributed by atoms with Gasteiger partial charge in [-0.2, -0.15) is 0 Å². The second-order valence-electron chi connectivity index (χ2n) is 4.19. The lowest BCUT2D eigenvalue weighted by atomic mass is 10.0. The van der Waals surface area contributed by atoms with Gasteiger partial charge in [-0.3, -0.25) is 0 Å². The largest absolute Gasteiger partial charge is 0.493 e. The van der Waals surface area contributed by atoms with Gasteiger partial charge in [0.05, 0.1) is 18.7 Å². The van der Waals surface area contributed by atoms with Crippen LogP contribution in [-0.2, 0) is 0 Å². The minimum Gasteiger partial charge on any atom is -0.493 e. The molecule has 0 spiro atoms. The number of halogens is 2. The Kier molecular flexibility index (Phi) is 4.62. The Bertz CT molecular complexity index is 616. The summed E-state index contributed by atoms with van der Waals surface area (Å²) in [5, 5.41) is 10.4. The van der Waals surface area contributed by atoms with E-state index >= 15 is 0 Å². The summed E-state index contributed by atoms with van der Waals surface area (Å²) >= 11 is 3.11. The van der Waals surface area contributed by atoms with Crippen LogP contribution in [0, 0.1) is 5.82 Å². The summed E-state index contributed by atoms with van der Waals surface area (Å²) in [4.78, 5) is 0. The topological polar surface area (TPSA) is 38.7 Å². The van der Waals surface area contributed by atoms with Gasteiger partial charge in [0.25, 0.3) is 0 Å². The molecule has 1 atom stereocenters. The zero-order valence-corrected chi connectivity index (χ0v) is 12.6. The monoisotopic (exact) mass is 340 g/mol. The number of methoxy groups -OCH3 is 2. The highest BCUT2D eigenvalue weighted by atomic mass is 79.9. The van der Waals surface area contributed by atoms with E-state index in [4.69, 9.17) is 9.47 Å². The normalized spacial score (nSPS) is 12.1. The quantitative estimate of drug-likeness (QED) is 0.922. The van der Waals surface area contributed by atoms with E-state index in [1.165, 1.54) is 13.2 Å². The molecule has 2 aromatic carbocycles. The SMILES string of the molecule is COc1ccc(C(O)c2ccc(F)c(Br)c2)cc1OC. The van der Waals surface area contributed by atoms with Crippen LogP contribution in [0.4, 0.5) is 4.39 Å². The number of ether oxygens (including phenoxy) is 2. The molecule has 0 aliphatic rings. The van der Waals surface area contributed by atoms with Crippen molar-refractivity contribution in [2.24, 2.45) is 0 Å². The van der Waals surface area contributed by atoms with E-state index in [0.29, 0.717) is 27.1 Å². The molecule has 0 aromatic heterocycles. The maximum Gasteiger partial charge on any atom is 0.161 e. The van der Waals surface area contributed by atoms with Crippen molar-refractivity contribution in [3.63, 3.8) is 0 Å². The molecule has 2 aromatic rings. The van der Waals surface area contributed by atoms with Crippen LogP contribution in [0.15, 0.2) is 40.9 Å². The number of hydrogen-bond acceptors (Lipinski definition) is 3. The molecule has 0 aliphatic heterocycles. The molecular weight excluding hydrogens is 327 g/mol. The number of aliphatic hydroxyl groups is 1. The molecule has 5 heteroatoms. The molecule has 0 aliphatic carbocycles. The standard InChI is InChI=1S/C15H14BrFO3/c1-19-13-6-4-10(8-14(13)20-2)15(18)9-3-5-12(17)11(16)7-9/h3-8,15,18H,1-2H3. The van der Waals surface area contributed by atoms with Crippen molar-refractivity contribution >= 4 is 15.9 Å². The van der Waals surface area contributed by atoms with Crippen LogP contribution in [0.2, 0.25) is 0 Å². The maximum absolute atomic E-state index is 13.2. The average molecular weight is 341 g/mol. The average Bonchev–Trinajstić information content (AvgIpc) is 2.48. The van der Waals surface area contributed by atoms with Gasteiger partial charge in [0.2, 0.25) is 0 Å². The van der Waals surface area contributed by atoms with E-state index in [1.54, 1.807) is 37.4 Å². The fraction of sp³-hybridized carbons (Fsp3) is 0.200. The van der Waals surface area contributed by atoms with Gasteiger partial charge in [-0.1, -0.05) is 12.1 Å². The molecule has 0 bridgehead atoms.